The summed E-state index contributed by atoms with van der Waals surface area (Å²) in [6.07, 6.45) is 0.412. The number of carbonyl (C=O) groups excluding carboxylic acids is 1. The van der Waals surface area contributed by atoms with Crippen molar-refractivity contribution in [2.24, 2.45) is 5.73 Å². The Hall–Kier alpha value is -1.59. The van der Waals surface area contributed by atoms with Crippen LogP contribution in [0.4, 0.5) is 5.69 Å². The molecule has 1 unspecified atom stereocenters. The lowest BCUT2D eigenvalue weighted by atomic mass is 10.1. The Morgan fingerprint density at radius 1 is 1.45 bits per heavy atom. The lowest BCUT2D eigenvalue weighted by Crippen LogP contribution is -2.36. The van der Waals surface area contributed by atoms with E-state index in [1.165, 1.54) is 0 Å². The van der Waals surface area contributed by atoms with Crippen LogP contribution in [0.1, 0.15) is 24.9 Å². The molecular weight excluding hydrogens is 254 g/mol. The average Bonchev–Trinajstić information content (AvgIpc) is 2.54. The lowest BCUT2D eigenvalue weighted by molar-refractivity contribution is -0.118. The number of anilines is 1. The van der Waals surface area contributed by atoms with E-state index in [-0.39, 0.29) is 11.9 Å². The van der Waals surface area contributed by atoms with Gasteiger partial charge in [-0.05, 0) is 38.7 Å². The van der Waals surface area contributed by atoms with Crippen molar-refractivity contribution in [3.63, 3.8) is 0 Å². The van der Waals surface area contributed by atoms with Crippen LogP contribution in [-0.4, -0.2) is 44.6 Å². The Morgan fingerprint density at radius 3 is 2.85 bits per heavy atom. The first kappa shape index (κ1) is 14.8. The van der Waals surface area contributed by atoms with E-state index in [2.05, 4.69) is 4.90 Å². The largest absolute Gasteiger partial charge is 0.491 e. The Bertz CT molecular complexity index is 486. The number of hydrogen-bond donors (Lipinski definition) is 1. The van der Waals surface area contributed by atoms with Crippen LogP contribution >= 0.6 is 0 Å². The van der Waals surface area contributed by atoms with Crippen LogP contribution in [0.25, 0.3) is 0 Å². The van der Waals surface area contributed by atoms with Gasteiger partial charge in [0, 0.05) is 19.1 Å². The van der Waals surface area contributed by atoms with E-state index in [1.54, 1.807) is 0 Å². The lowest BCUT2D eigenvalue weighted by Gasteiger charge is -2.24. The zero-order chi connectivity index (χ0) is 14.7. The van der Waals surface area contributed by atoms with Crippen LogP contribution < -0.4 is 15.4 Å². The number of nitrogens with two attached hydrogens (primary N) is 1. The van der Waals surface area contributed by atoms with Crippen LogP contribution in [0.2, 0.25) is 0 Å². The number of rotatable bonds is 4. The van der Waals surface area contributed by atoms with Gasteiger partial charge in [-0.15, -0.1) is 0 Å². The van der Waals surface area contributed by atoms with Crippen molar-refractivity contribution < 1.29 is 9.53 Å². The maximum absolute atomic E-state index is 12.3. The SMILES string of the molecule is CC(N)c1ccc2c(c1)N(CCN(C)C)C(=O)CCO2. The molecule has 1 atom stereocenters. The third-order valence-corrected chi connectivity index (χ3v) is 3.44. The number of fused-ring (bicyclic) bond motifs is 1. The molecule has 2 rings (SSSR count). The molecule has 0 spiro atoms. The van der Waals surface area contributed by atoms with E-state index < -0.39 is 0 Å². The number of hydrogen-bond acceptors (Lipinski definition) is 4. The topological polar surface area (TPSA) is 58.8 Å². The predicted octanol–water partition coefficient (Wildman–Crippen LogP) is 1.38. The van der Waals surface area contributed by atoms with Gasteiger partial charge in [0.15, 0.2) is 0 Å². The summed E-state index contributed by atoms with van der Waals surface area (Å²) in [6, 6.07) is 5.78. The molecule has 0 aliphatic carbocycles. The maximum Gasteiger partial charge on any atom is 0.230 e. The highest BCUT2D eigenvalue weighted by Gasteiger charge is 2.23. The van der Waals surface area contributed by atoms with Gasteiger partial charge < -0.3 is 20.3 Å². The summed E-state index contributed by atoms with van der Waals surface area (Å²) in [6.45, 7) is 3.84. The fourth-order valence-electron chi connectivity index (χ4n) is 2.21. The molecule has 110 valence electrons. The minimum atomic E-state index is -0.0608. The molecule has 1 aromatic rings. The number of nitrogens with zero attached hydrogens (tertiary/aromatic N) is 2. The molecule has 0 radical (unpaired) electrons. The predicted molar refractivity (Wildman–Crippen MR) is 80.1 cm³/mol. The van der Waals surface area contributed by atoms with E-state index in [4.69, 9.17) is 10.5 Å². The maximum atomic E-state index is 12.3. The third kappa shape index (κ3) is 3.29. The Morgan fingerprint density at radius 2 is 2.20 bits per heavy atom. The summed E-state index contributed by atoms with van der Waals surface area (Å²) in [5.41, 5.74) is 7.78. The highest BCUT2D eigenvalue weighted by Crippen LogP contribution is 2.33. The fraction of sp³-hybridized carbons (Fsp3) is 0.533. The standard InChI is InChI=1S/C15H23N3O2/c1-11(16)12-4-5-14-13(10-12)18(8-7-17(2)3)15(19)6-9-20-14/h4-5,10-11H,6-9,16H2,1-3H3. The monoisotopic (exact) mass is 277 g/mol. The second kappa shape index (κ2) is 6.24. The molecule has 0 aromatic heterocycles. The van der Waals surface area contributed by atoms with Gasteiger partial charge in [0.2, 0.25) is 5.91 Å². The number of carbonyl (C=O) groups is 1. The molecule has 0 fully saturated rings. The summed E-state index contributed by atoms with van der Waals surface area (Å²) in [5.74, 6) is 0.867. The smallest absolute Gasteiger partial charge is 0.230 e. The van der Waals surface area contributed by atoms with Crippen molar-refractivity contribution in [1.82, 2.24) is 4.90 Å². The first-order valence-corrected chi connectivity index (χ1v) is 6.96. The highest BCUT2D eigenvalue weighted by atomic mass is 16.5. The third-order valence-electron chi connectivity index (χ3n) is 3.44. The molecule has 1 heterocycles. The second-order valence-electron chi connectivity index (χ2n) is 5.46. The minimum Gasteiger partial charge on any atom is -0.491 e. The quantitative estimate of drug-likeness (QED) is 0.903. The van der Waals surface area contributed by atoms with Gasteiger partial charge in [0.25, 0.3) is 0 Å². The molecule has 1 aliphatic heterocycles. The zero-order valence-electron chi connectivity index (χ0n) is 12.4. The van der Waals surface area contributed by atoms with Crippen molar-refractivity contribution in [2.45, 2.75) is 19.4 Å². The molecule has 2 N–H and O–H groups in total. The molecule has 1 aromatic carbocycles. The van der Waals surface area contributed by atoms with Crippen LogP contribution in [0.5, 0.6) is 5.75 Å². The van der Waals surface area contributed by atoms with Crippen LogP contribution in [0, 0.1) is 0 Å². The molecule has 1 aliphatic rings. The number of amides is 1. The first-order valence-electron chi connectivity index (χ1n) is 6.96. The van der Waals surface area contributed by atoms with Crippen molar-refractivity contribution in [2.75, 3.05) is 38.7 Å². The molecular formula is C15H23N3O2. The van der Waals surface area contributed by atoms with E-state index in [0.717, 1.165) is 23.5 Å². The van der Waals surface area contributed by atoms with E-state index >= 15 is 0 Å². The Balaban J connectivity index is 2.35. The van der Waals surface area contributed by atoms with Gasteiger partial charge >= 0.3 is 0 Å². The van der Waals surface area contributed by atoms with Gasteiger partial charge in [-0.1, -0.05) is 6.07 Å². The normalized spacial score (nSPS) is 16.6. The fourth-order valence-corrected chi connectivity index (χ4v) is 2.21. The average molecular weight is 277 g/mol. The van der Waals surface area contributed by atoms with Crippen molar-refractivity contribution in [1.29, 1.82) is 0 Å². The second-order valence-corrected chi connectivity index (χ2v) is 5.46. The summed E-state index contributed by atoms with van der Waals surface area (Å²) >= 11 is 0. The highest BCUT2D eigenvalue weighted by molar-refractivity contribution is 5.95. The molecule has 0 saturated carbocycles. The van der Waals surface area contributed by atoms with Gasteiger partial charge in [-0.25, -0.2) is 0 Å². The molecule has 0 bridgehead atoms. The molecule has 5 heteroatoms. The van der Waals surface area contributed by atoms with Crippen LogP contribution in [0.3, 0.4) is 0 Å². The molecule has 20 heavy (non-hydrogen) atoms. The molecule has 0 saturated heterocycles. The number of likely N-dealkylation sites (N-methyl/N-ethyl adjacent to an activating group) is 1. The number of benzene rings is 1. The summed E-state index contributed by atoms with van der Waals surface area (Å²) in [4.78, 5) is 16.1. The van der Waals surface area contributed by atoms with Gasteiger partial charge in [0.1, 0.15) is 5.75 Å². The summed E-state index contributed by atoms with van der Waals surface area (Å²) in [7, 11) is 4.00. The van der Waals surface area contributed by atoms with Gasteiger partial charge in [0.05, 0.1) is 18.7 Å². The van der Waals surface area contributed by atoms with E-state index in [0.29, 0.717) is 19.6 Å². The minimum absolute atomic E-state index is 0.0608. The van der Waals surface area contributed by atoms with Crippen molar-refractivity contribution in [3.8, 4) is 5.75 Å². The molecule has 1 amide bonds. The van der Waals surface area contributed by atoms with Crippen molar-refractivity contribution in [3.05, 3.63) is 23.8 Å². The summed E-state index contributed by atoms with van der Waals surface area (Å²) < 4.78 is 5.67. The Kier molecular flexibility index (Phi) is 4.62. The van der Waals surface area contributed by atoms with Gasteiger partial charge in [-0.3, -0.25) is 4.79 Å². The molecule has 5 nitrogen and oxygen atoms in total. The first-order chi connectivity index (χ1) is 9.49. The van der Waals surface area contributed by atoms with E-state index in [1.807, 2.05) is 44.1 Å². The van der Waals surface area contributed by atoms with Crippen molar-refractivity contribution >= 4 is 11.6 Å². The Labute approximate surface area is 120 Å². The van der Waals surface area contributed by atoms with Crippen LogP contribution in [-0.2, 0) is 4.79 Å². The van der Waals surface area contributed by atoms with Crippen LogP contribution in [0.15, 0.2) is 18.2 Å². The zero-order valence-corrected chi connectivity index (χ0v) is 12.4. The number of ether oxygens (including phenoxy) is 1. The van der Waals surface area contributed by atoms with Gasteiger partial charge in [-0.2, -0.15) is 0 Å². The summed E-state index contributed by atoms with van der Waals surface area (Å²) in [5, 5.41) is 0. The van der Waals surface area contributed by atoms with E-state index in [9.17, 15) is 4.79 Å².